The van der Waals surface area contributed by atoms with Gasteiger partial charge in [0.25, 0.3) is 0 Å². The Hall–Kier alpha value is -1.85. The van der Waals surface area contributed by atoms with Crippen LogP contribution in [0, 0.1) is 5.92 Å². The van der Waals surface area contributed by atoms with E-state index in [0.717, 1.165) is 30.7 Å². The van der Waals surface area contributed by atoms with E-state index in [1.54, 1.807) is 0 Å². The van der Waals surface area contributed by atoms with E-state index >= 15 is 0 Å². The minimum atomic E-state index is -0.751. The summed E-state index contributed by atoms with van der Waals surface area (Å²) in [5.74, 6) is -0.322. The molecular formula is C18H25NO4. The second-order valence-corrected chi connectivity index (χ2v) is 6.00. The zero-order valence-electron chi connectivity index (χ0n) is 13.4. The summed E-state index contributed by atoms with van der Waals surface area (Å²) in [7, 11) is 0. The Labute approximate surface area is 137 Å². The molecule has 2 atom stereocenters. The molecule has 1 saturated heterocycles. The summed E-state index contributed by atoms with van der Waals surface area (Å²) in [5.41, 5.74) is 1.04. The number of hydrogen-bond acceptors (Lipinski definition) is 4. The molecule has 1 heterocycles. The fourth-order valence-corrected chi connectivity index (χ4v) is 2.93. The van der Waals surface area contributed by atoms with Gasteiger partial charge in [-0.05, 0) is 37.4 Å². The predicted octanol–water partition coefficient (Wildman–Crippen LogP) is 1.95. The highest BCUT2D eigenvalue weighted by molar-refractivity contribution is 5.70. The van der Waals surface area contributed by atoms with E-state index < -0.39 is 12.1 Å². The normalized spacial score (nSPS) is 20.0. The minimum absolute atomic E-state index is 0.197. The maximum Gasteiger partial charge on any atom is 0.307 e. The molecule has 0 saturated carbocycles. The highest BCUT2D eigenvalue weighted by Crippen LogP contribution is 2.20. The maximum atomic E-state index is 11.1. The molecule has 1 fully saturated rings. The molecule has 0 bridgehead atoms. The van der Waals surface area contributed by atoms with Gasteiger partial charge in [0, 0.05) is 13.1 Å². The van der Waals surface area contributed by atoms with E-state index in [0.29, 0.717) is 19.5 Å². The predicted molar refractivity (Wildman–Crippen MR) is 88.6 cm³/mol. The zero-order chi connectivity index (χ0) is 16.7. The SMILES string of the molecule is C=CCc1ccccc1OCC(O)CN1CCCC(C(=O)O)C1. The number of ether oxygens (including phenoxy) is 1. The standard InChI is InChI=1S/C18H25NO4/c1-2-6-14-7-3-4-9-17(14)23-13-16(20)12-19-10-5-8-15(11-19)18(21)22/h2-4,7,9,15-16,20H,1,5-6,8,10-13H2,(H,21,22). The summed E-state index contributed by atoms with van der Waals surface area (Å²) in [6.45, 7) is 5.69. The molecule has 2 rings (SSSR count). The first-order valence-corrected chi connectivity index (χ1v) is 8.05. The Balaban J connectivity index is 1.82. The molecular weight excluding hydrogens is 294 g/mol. The second kappa shape index (κ2) is 8.70. The number of rotatable bonds is 8. The third-order valence-corrected chi connectivity index (χ3v) is 4.09. The Morgan fingerprint density at radius 2 is 2.26 bits per heavy atom. The lowest BCUT2D eigenvalue weighted by atomic mass is 9.98. The lowest BCUT2D eigenvalue weighted by molar-refractivity contribution is -0.143. The van der Waals surface area contributed by atoms with Crippen molar-refractivity contribution in [1.82, 2.24) is 4.90 Å². The molecule has 0 aromatic heterocycles. The number of aliphatic hydroxyl groups is 1. The van der Waals surface area contributed by atoms with Crippen LogP contribution in [0.1, 0.15) is 18.4 Å². The molecule has 126 valence electrons. The van der Waals surface area contributed by atoms with Gasteiger partial charge in [0.2, 0.25) is 0 Å². The Morgan fingerprint density at radius 1 is 1.48 bits per heavy atom. The van der Waals surface area contributed by atoms with Crippen LogP contribution in [0.15, 0.2) is 36.9 Å². The number of nitrogens with zero attached hydrogens (tertiary/aromatic N) is 1. The number of hydrogen-bond donors (Lipinski definition) is 2. The summed E-state index contributed by atoms with van der Waals surface area (Å²) in [5, 5.41) is 19.3. The van der Waals surface area contributed by atoms with E-state index in [1.165, 1.54) is 0 Å². The third-order valence-electron chi connectivity index (χ3n) is 4.09. The van der Waals surface area contributed by atoms with Gasteiger partial charge in [-0.2, -0.15) is 0 Å². The first-order valence-electron chi connectivity index (χ1n) is 8.05. The van der Waals surface area contributed by atoms with Crippen LogP contribution in [0.5, 0.6) is 5.75 Å². The number of carboxylic acids is 1. The van der Waals surface area contributed by atoms with Crippen LogP contribution >= 0.6 is 0 Å². The molecule has 5 nitrogen and oxygen atoms in total. The van der Waals surface area contributed by atoms with Crippen LogP contribution < -0.4 is 4.74 Å². The average molecular weight is 319 g/mol. The summed E-state index contributed by atoms with van der Waals surface area (Å²) in [6, 6.07) is 7.71. The van der Waals surface area contributed by atoms with Crippen LogP contribution in [0.25, 0.3) is 0 Å². The molecule has 23 heavy (non-hydrogen) atoms. The molecule has 1 aromatic carbocycles. The van der Waals surface area contributed by atoms with E-state index in [4.69, 9.17) is 9.84 Å². The van der Waals surface area contributed by atoms with Crippen LogP contribution in [0.2, 0.25) is 0 Å². The van der Waals surface area contributed by atoms with Gasteiger partial charge in [-0.25, -0.2) is 0 Å². The number of aliphatic hydroxyl groups excluding tert-OH is 1. The van der Waals surface area contributed by atoms with Crippen LogP contribution in [-0.2, 0) is 11.2 Å². The van der Waals surface area contributed by atoms with Gasteiger partial charge < -0.3 is 14.9 Å². The van der Waals surface area contributed by atoms with Gasteiger partial charge in [0.1, 0.15) is 18.5 Å². The van der Waals surface area contributed by atoms with Gasteiger partial charge in [0.15, 0.2) is 0 Å². The highest BCUT2D eigenvalue weighted by Gasteiger charge is 2.26. The highest BCUT2D eigenvalue weighted by atomic mass is 16.5. The van der Waals surface area contributed by atoms with Crippen molar-refractivity contribution in [3.63, 3.8) is 0 Å². The van der Waals surface area contributed by atoms with Crippen molar-refractivity contribution in [2.75, 3.05) is 26.2 Å². The molecule has 0 aliphatic carbocycles. The van der Waals surface area contributed by atoms with Gasteiger partial charge in [0.05, 0.1) is 5.92 Å². The molecule has 5 heteroatoms. The number of likely N-dealkylation sites (tertiary alicyclic amines) is 1. The Bertz CT molecular complexity index is 532. The van der Waals surface area contributed by atoms with Crippen molar-refractivity contribution in [3.05, 3.63) is 42.5 Å². The Kier molecular flexibility index (Phi) is 6.62. The lowest BCUT2D eigenvalue weighted by Gasteiger charge is -2.32. The summed E-state index contributed by atoms with van der Waals surface area (Å²) < 4.78 is 5.73. The molecule has 1 aromatic rings. The lowest BCUT2D eigenvalue weighted by Crippen LogP contribution is -2.43. The number of carboxylic acid groups (broad SMARTS) is 1. The quantitative estimate of drug-likeness (QED) is 0.717. The smallest absolute Gasteiger partial charge is 0.307 e. The zero-order valence-corrected chi connectivity index (χ0v) is 13.4. The second-order valence-electron chi connectivity index (χ2n) is 6.00. The van der Waals surface area contributed by atoms with Crippen LogP contribution in [-0.4, -0.2) is 53.4 Å². The summed E-state index contributed by atoms with van der Waals surface area (Å²) >= 11 is 0. The fourth-order valence-electron chi connectivity index (χ4n) is 2.93. The van der Waals surface area contributed by atoms with Gasteiger partial charge >= 0.3 is 5.97 Å². The van der Waals surface area contributed by atoms with E-state index in [-0.39, 0.29) is 12.5 Å². The van der Waals surface area contributed by atoms with E-state index in [9.17, 15) is 9.90 Å². The topological polar surface area (TPSA) is 70.0 Å². The number of benzene rings is 1. The number of β-amino-alcohol motifs (C(OH)–C–C–N with tert-alkyl or cyclic N) is 1. The summed E-state index contributed by atoms with van der Waals surface area (Å²) in [4.78, 5) is 13.1. The first-order chi connectivity index (χ1) is 11.1. The number of aliphatic carboxylic acids is 1. The molecule has 2 unspecified atom stereocenters. The van der Waals surface area contributed by atoms with Crippen LogP contribution in [0.4, 0.5) is 0 Å². The monoisotopic (exact) mass is 319 g/mol. The van der Waals surface area contributed by atoms with Crippen molar-refractivity contribution >= 4 is 5.97 Å². The van der Waals surface area contributed by atoms with Gasteiger partial charge in [-0.15, -0.1) is 6.58 Å². The van der Waals surface area contributed by atoms with Crippen molar-refractivity contribution in [1.29, 1.82) is 0 Å². The Morgan fingerprint density at radius 3 is 3.00 bits per heavy atom. The van der Waals surface area contributed by atoms with Crippen molar-refractivity contribution in [3.8, 4) is 5.75 Å². The molecule has 2 N–H and O–H groups in total. The minimum Gasteiger partial charge on any atom is -0.491 e. The number of allylic oxidation sites excluding steroid dienone is 1. The average Bonchev–Trinajstić information content (AvgIpc) is 2.54. The van der Waals surface area contributed by atoms with E-state index in [2.05, 4.69) is 6.58 Å². The largest absolute Gasteiger partial charge is 0.491 e. The third kappa shape index (κ3) is 5.37. The fraction of sp³-hybridized carbons (Fsp3) is 0.500. The van der Waals surface area contributed by atoms with Crippen molar-refractivity contribution in [2.24, 2.45) is 5.92 Å². The van der Waals surface area contributed by atoms with Gasteiger partial charge in [-0.1, -0.05) is 24.3 Å². The number of carbonyl (C=O) groups is 1. The molecule has 0 spiro atoms. The summed E-state index contributed by atoms with van der Waals surface area (Å²) in [6.07, 6.45) is 3.47. The van der Waals surface area contributed by atoms with Crippen molar-refractivity contribution < 1.29 is 19.7 Å². The number of para-hydroxylation sites is 1. The van der Waals surface area contributed by atoms with Crippen LogP contribution in [0.3, 0.4) is 0 Å². The van der Waals surface area contributed by atoms with Crippen molar-refractivity contribution in [2.45, 2.75) is 25.4 Å². The number of piperidine rings is 1. The van der Waals surface area contributed by atoms with E-state index in [1.807, 2.05) is 35.2 Å². The molecule has 0 amide bonds. The van der Waals surface area contributed by atoms with Gasteiger partial charge in [-0.3, -0.25) is 9.69 Å². The maximum absolute atomic E-state index is 11.1. The molecule has 1 aliphatic heterocycles. The first kappa shape index (κ1) is 17.5. The molecule has 1 aliphatic rings. The molecule has 0 radical (unpaired) electrons.